The van der Waals surface area contributed by atoms with Gasteiger partial charge in [-0.25, -0.2) is 18.1 Å². The van der Waals surface area contributed by atoms with E-state index >= 15 is 0 Å². The van der Waals surface area contributed by atoms with Crippen LogP contribution >= 0.6 is 0 Å². The van der Waals surface area contributed by atoms with E-state index in [0.29, 0.717) is 37.4 Å². The highest BCUT2D eigenvalue weighted by Gasteiger charge is 2.32. The molecular weight excluding hydrogens is 450 g/mol. The van der Waals surface area contributed by atoms with E-state index in [2.05, 4.69) is 15.4 Å². The lowest BCUT2D eigenvalue weighted by atomic mass is 9.92. The van der Waals surface area contributed by atoms with Crippen molar-refractivity contribution in [3.05, 3.63) is 71.8 Å². The Balaban J connectivity index is 1.14. The SMILES string of the molecule is O=C(NCc1ccc(-n2cncn2)cc1)C1CCN(S(=O)(=O)c2ccc3c(c2)CCCC3)CC1. The second-order valence-corrected chi connectivity index (χ2v) is 11.0. The smallest absolute Gasteiger partial charge is 0.243 e. The minimum Gasteiger partial charge on any atom is -0.352 e. The monoisotopic (exact) mass is 479 g/mol. The molecule has 1 aliphatic carbocycles. The number of nitrogens with zero attached hydrogens (tertiary/aromatic N) is 4. The lowest BCUT2D eigenvalue weighted by molar-refractivity contribution is -0.126. The quantitative estimate of drug-likeness (QED) is 0.586. The summed E-state index contributed by atoms with van der Waals surface area (Å²) in [6.07, 6.45) is 8.44. The summed E-state index contributed by atoms with van der Waals surface area (Å²) >= 11 is 0. The van der Waals surface area contributed by atoms with Gasteiger partial charge in [-0.1, -0.05) is 18.2 Å². The van der Waals surface area contributed by atoms with E-state index < -0.39 is 10.0 Å². The molecule has 8 nitrogen and oxygen atoms in total. The van der Waals surface area contributed by atoms with Crippen molar-refractivity contribution >= 4 is 15.9 Å². The van der Waals surface area contributed by atoms with Gasteiger partial charge >= 0.3 is 0 Å². The van der Waals surface area contributed by atoms with Crippen molar-refractivity contribution in [2.45, 2.75) is 50.0 Å². The molecule has 0 radical (unpaired) electrons. The second-order valence-electron chi connectivity index (χ2n) is 9.04. The van der Waals surface area contributed by atoms with Crippen LogP contribution in [0, 0.1) is 5.92 Å². The molecule has 0 spiro atoms. The van der Waals surface area contributed by atoms with Crippen LogP contribution in [-0.2, 0) is 34.2 Å². The standard InChI is InChI=1S/C25H29N5O3S/c31-25(27-16-19-5-8-23(9-6-19)30-18-26-17-28-30)21-11-13-29(14-12-21)34(32,33)24-10-7-20-3-1-2-4-22(20)15-24/h5-10,15,17-18,21H,1-4,11-14,16H2,(H,27,31). The zero-order valence-corrected chi connectivity index (χ0v) is 19.9. The highest BCUT2D eigenvalue weighted by atomic mass is 32.2. The fraction of sp³-hybridized carbons (Fsp3) is 0.400. The summed E-state index contributed by atoms with van der Waals surface area (Å²) in [5, 5.41) is 7.10. The van der Waals surface area contributed by atoms with Crippen molar-refractivity contribution in [3.63, 3.8) is 0 Å². The van der Waals surface area contributed by atoms with Crippen molar-refractivity contribution in [3.8, 4) is 5.69 Å². The zero-order valence-electron chi connectivity index (χ0n) is 19.1. The molecule has 0 unspecified atom stereocenters. The van der Waals surface area contributed by atoms with Crippen LogP contribution in [0.4, 0.5) is 0 Å². The molecule has 3 aromatic rings. The number of hydrogen-bond acceptors (Lipinski definition) is 5. The van der Waals surface area contributed by atoms with Crippen molar-refractivity contribution in [2.75, 3.05) is 13.1 Å². The third kappa shape index (κ3) is 4.76. The fourth-order valence-electron chi connectivity index (χ4n) is 4.82. The topological polar surface area (TPSA) is 97.2 Å². The molecule has 2 aliphatic rings. The first-order valence-corrected chi connectivity index (χ1v) is 13.3. The molecule has 34 heavy (non-hydrogen) atoms. The number of sulfonamides is 1. The van der Waals surface area contributed by atoms with Gasteiger partial charge in [0.2, 0.25) is 15.9 Å². The third-order valence-electron chi connectivity index (χ3n) is 6.87. The Morgan fingerprint density at radius 1 is 1.00 bits per heavy atom. The van der Waals surface area contributed by atoms with Crippen molar-refractivity contribution in [2.24, 2.45) is 5.92 Å². The predicted molar refractivity (Wildman–Crippen MR) is 128 cm³/mol. The lowest BCUT2D eigenvalue weighted by Gasteiger charge is -2.31. The number of fused-ring (bicyclic) bond motifs is 1. The van der Waals surface area contributed by atoms with Crippen LogP contribution in [0.15, 0.2) is 60.0 Å². The Morgan fingerprint density at radius 3 is 2.44 bits per heavy atom. The van der Waals surface area contributed by atoms with Gasteiger partial charge in [0.05, 0.1) is 10.6 Å². The molecule has 1 fully saturated rings. The van der Waals surface area contributed by atoms with Crippen LogP contribution < -0.4 is 5.32 Å². The Morgan fingerprint density at radius 2 is 1.74 bits per heavy atom. The minimum atomic E-state index is -3.53. The Hall–Kier alpha value is -3.04. The summed E-state index contributed by atoms with van der Waals surface area (Å²) < 4.78 is 29.6. The van der Waals surface area contributed by atoms with Gasteiger partial charge in [-0.05, 0) is 79.5 Å². The Labute approximate surface area is 200 Å². The first-order valence-electron chi connectivity index (χ1n) is 11.8. The molecule has 0 atom stereocenters. The van der Waals surface area contributed by atoms with Crippen LogP contribution in [-0.4, -0.2) is 46.5 Å². The molecule has 1 N–H and O–H groups in total. The fourth-order valence-corrected chi connectivity index (χ4v) is 6.34. The lowest BCUT2D eigenvalue weighted by Crippen LogP contribution is -2.42. The first-order chi connectivity index (χ1) is 16.5. The van der Waals surface area contributed by atoms with Gasteiger partial charge in [0.15, 0.2) is 0 Å². The van der Waals surface area contributed by atoms with Gasteiger partial charge in [-0.2, -0.15) is 9.40 Å². The van der Waals surface area contributed by atoms with Gasteiger partial charge < -0.3 is 5.32 Å². The summed E-state index contributed by atoms with van der Waals surface area (Å²) in [6.45, 7) is 1.17. The highest BCUT2D eigenvalue weighted by Crippen LogP contribution is 2.28. The van der Waals surface area contributed by atoms with Crippen LogP contribution in [0.5, 0.6) is 0 Å². The number of benzene rings is 2. The van der Waals surface area contributed by atoms with E-state index in [-0.39, 0.29) is 11.8 Å². The maximum Gasteiger partial charge on any atom is 0.243 e. The van der Waals surface area contributed by atoms with Gasteiger partial charge in [-0.3, -0.25) is 4.79 Å². The minimum absolute atomic E-state index is 0.0221. The third-order valence-corrected chi connectivity index (χ3v) is 8.76. The maximum atomic E-state index is 13.2. The van der Waals surface area contributed by atoms with E-state index in [4.69, 9.17) is 0 Å². The molecule has 1 amide bonds. The number of aromatic nitrogens is 3. The number of amides is 1. The molecule has 1 aromatic heterocycles. The van der Waals surface area contributed by atoms with E-state index in [9.17, 15) is 13.2 Å². The van der Waals surface area contributed by atoms with Crippen molar-refractivity contribution < 1.29 is 13.2 Å². The average molecular weight is 480 g/mol. The molecule has 0 bridgehead atoms. The van der Waals surface area contributed by atoms with E-state index in [0.717, 1.165) is 36.1 Å². The van der Waals surface area contributed by atoms with Crippen molar-refractivity contribution in [1.29, 1.82) is 0 Å². The van der Waals surface area contributed by atoms with Gasteiger partial charge in [-0.15, -0.1) is 0 Å². The summed E-state index contributed by atoms with van der Waals surface area (Å²) in [6, 6.07) is 13.3. The van der Waals surface area contributed by atoms with Crippen LogP contribution in [0.25, 0.3) is 5.69 Å². The van der Waals surface area contributed by atoms with E-state index in [1.165, 1.54) is 22.6 Å². The van der Waals surface area contributed by atoms with Gasteiger partial charge in [0, 0.05) is 25.6 Å². The van der Waals surface area contributed by atoms with E-state index in [1.54, 1.807) is 17.1 Å². The molecule has 9 heteroatoms. The largest absolute Gasteiger partial charge is 0.352 e. The van der Waals surface area contributed by atoms with Crippen LogP contribution in [0.2, 0.25) is 0 Å². The van der Waals surface area contributed by atoms with Crippen molar-refractivity contribution in [1.82, 2.24) is 24.4 Å². The molecule has 2 heterocycles. The first kappa shape index (κ1) is 22.7. The molecule has 178 valence electrons. The van der Waals surface area contributed by atoms with Crippen LogP contribution in [0.1, 0.15) is 42.4 Å². The number of carbonyl (C=O) groups is 1. The number of aryl methyl sites for hydroxylation is 2. The number of hydrogen-bond donors (Lipinski definition) is 1. The summed E-state index contributed by atoms with van der Waals surface area (Å²) in [5.41, 5.74) is 4.33. The molecule has 1 saturated heterocycles. The van der Waals surface area contributed by atoms with Crippen LogP contribution in [0.3, 0.4) is 0 Å². The second kappa shape index (κ2) is 9.68. The molecule has 1 aliphatic heterocycles. The Bertz CT molecular complexity index is 1250. The van der Waals surface area contributed by atoms with Gasteiger partial charge in [0.25, 0.3) is 0 Å². The van der Waals surface area contributed by atoms with Gasteiger partial charge in [0.1, 0.15) is 12.7 Å². The number of nitrogens with one attached hydrogen (secondary N) is 1. The maximum absolute atomic E-state index is 13.2. The summed E-state index contributed by atoms with van der Waals surface area (Å²) in [5.74, 6) is -0.199. The molecule has 2 aromatic carbocycles. The number of carbonyl (C=O) groups excluding carboxylic acids is 1. The number of rotatable bonds is 6. The number of piperidine rings is 1. The highest BCUT2D eigenvalue weighted by molar-refractivity contribution is 7.89. The van der Waals surface area contributed by atoms with E-state index in [1.807, 2.05) is 36.4 Å². The molecular formula is C25H29N5O3S. The zero-order chi connectivity index (χ0) is 23.5. The average Bonchev–Trinajstić information content (AvgIpc) is 3.42. The predicted octanol–water partition coefficient (Wildman–Crippen LogP) is 2.86. The Kier molecular flexibility index (Phi) is 6.47. The normalized spacial score (nSPS) is 17.3. The molecule has 0 saturated carbocycles. The summed E-state index contributed by atoms with van der Waals surface area (Å²) in [7, 11) is -3.53. The molecule has 5 rings (SSSR count). The summed E-state index contributed by atoms with van der Waals surface area (Å²) in [4.78, 5) is 17.0.